The number of hydrogen-bond acceptors (Lipinski definition) is 6. The average molecular weight is 238 g/mol. The molecule has 1 N–H and O–H groups in total. The molecule has 0 radical (unpaired) electrons. The van der Waals surface area contributed by atoms with Crippen LogP contribution in [-0.2, 0) is 0 Å². The van der Waals surface area contributed by atoms with Gasteiger partial charge in [0.25, 0.3) is 0 Å². The fourth-order valence-electron chi connectivity index (χ4n) is 0.898. The number of hydrogen-bond donors (Lipinski definition) is 1. The molecule has 5 nitrogen and oxygen atoms in total. The zero-order valence-corrected chi connectivity index (χ0v) is 8.88. The number of thiazole rings is 1. The van der Waals surface area contributed by atoms with Crippen LogP contribution in [0.15, 0.2) is 18.5 Å². The van der Waals surface area contributed by atoms with Gasteiger partial charge < -0.3 is 5.32 Å². The maximum Gasteiger partial charge on any atom is 0.224 e. The molecule has 0 spiro atoms. The molecule has 15 heavy (non-hydrogen) atoms. The van der Waals surface area contributed by atoms with E-state index in [2.05, 4.69) is 20.3 Å². The van der Waals surface area contributed by atoms with Crippen molar-refractivity contribution in [3.8, 4) is 6.07 Å². The molecule has 0 unspecified atom stereocenters. The highest BCUT2D eigenvalue weighted by Gasteiger charge is 2.02. The standard InChI is InChI=1S/C8H4ClN5S/c9-7-11-2-1-6(13-7)14-8-12-4-5(3-10)15-8/h1-2,4H,(H,11,12,13,14). The number of nitriles is 1. The van der Waals surface area contributed by atoms with Crippen LogP contribution in [0.4, 0.5) is 10.9 Å². The summed E-state index contributed by atoms with van der Waals surface area (Å²) in [6.07, 6.45) is 3.03. The summed E-state index contributed by atoms with van der Waals surface area (Å²) in [4.78, 5) is 12.2. The summed E-state index contributed by atoms with van der Waals surface area (Å²) < 4.78 is 0. The largest absolute Gasteiger partial charge is 0.316 e. The summed E-state index contributed by atoms with van der Waals surface area (Å²) in [6.45, 7) is 0. The molecule has 0 fully saturated rings. The highest BCUT2D eigenvalue weighted by molar-refractivity contribution is 7.16. The van der Waals surface area contributed by atoms with Crippen molar-refractivity contribution in [2.75, 3.05) is 5.32 Å². The molecule has 0 amide bonds. The van der Waals surface area contributed by atoms with Crippen molar-refractivity contribution in [1.29, 1.82) is 5.26 Å². The molecule has 0 aliphatic carbocycles. The second-order valence-corrected chi connectivity index (χ2v) is 3.85. The summed E-state index contributed by atoms with van der Waals surface area (Å²) in [5, 5.41) is 12.3. The molecule has 0 aliphatic heterocycles. The van der Waals surface area contributed by atoms with Gasteiger partial charge >= 0.3 is 0 Å². The van der Waals surface area contributed by atoms with Crippen molar-refractivity contribution in [3.05, 3.63) is 28.6 Å². The number of rotatable bonds is 2. The van der Waals surface area contributed by atoms with E-state index < -0.39 is 0 Å². The first-order valence-corrected chi connectivity index (χ1v) is 5.09. The summed E-state index contributed by atoms with van der Waals surface area (Å²) in [5.41, 5.74) is 0. The van der Waals surface area contributed by atoms with Gasteiger partial charge in [-0.3, -0.25) is 0 Å². The SMILES string of the molecule is N#Cc1cnc(Nc2ccnc(Cl)n2)s1. The van der Waals surface area contributed by atoms with Gasteiger partial charge in [0.05, 0.1) is 6.20 Å². The summed E-state index contributed by atoms with van der Waals surface area (Å²) in [7, 11) is 0. The van der Waals surface area contributed by atoms with Crippen LogP contribution in [0.3, 0.4) is 0 Å². The molecular weight excluding hydrogens is 234 g/mol. The van der Waals surface area contributed by atoms with Gasteiger partial charge in [0.2, 0.25) is 5.28 Å². The monoisotopic (exact) mass is 237 g/mol. The van der Waals surface area contributed by atoms with Crippen molar-refractivity contribution in [2.45, 2.75) is 0 Å². The lowest BCUT2D eigenvalue weighted by molar-refractivity contribution is 1.16. The lowest BCUT2D eigenvalue weighted by Gasteiger charge is -1.99. The molecule has 74 valence electrons. The predicted molar refractivity (Wildman–Crippen MR) is 57.2 cm³/mol. The Morgan fingerprint density at radius 2 is 2.33 bits per heavy atom. The van der Waals surface area contributed by atoms with Gasteiger partial charge in [0.1, 0.15) is 16.8 Å². The van der Waals surface area contributed by atoms with Crippen LogP contribution >= 0.6 is 22.9 Å². The van der Waals surface area contributed by atoms with E-state index in [1.807, 2.05) is 6.07 Å². The fourth-order valence-corrected chi connectivity index (χ4v) is 1.67. The van der Waals surface area contributed by atoms with Crippen molar-refractivity contribution < 1.29 is 0 Å². The molecular formula is C8H4ClN5S. The predicted octanol–water partition coefficient (Wildman–Crippen LogP) is 2.20. The third-order valence-corrected chi connectivity index (χ3v) is 2.48. The van der Waals surface area contributed by atoms with Gasteiger partial charge in [0.15, 0.2) is 5.13 Å². The minimum Gasteiger partial charge on any atom is -0.316 e. The Hall–Kier alpha value is -1.71. The molecule has 0 bridgehead atoms. The fraction of sp³-hybridized carbons (Fsp3) is 0. The molecule has 2 heterocycles. The second-order valence-electron chi connectivity index (χ2n) is 2.48. The number of nitrogens with one attached hydrogen (secondary N) is 1. The lowest BCUT2D eigenvalue weighted by atomic mass is 10.6. The molecule has 0 saturated carbocycles. The zero-order chi connectivity index (χ0) is 10.7. The molecule has 2 rings (SSSR count). The molecule has 0 saturated heterocycles. The Morgan fingerprint density at radius 1 is 1.47 bits per heavy atom. The Morgan fingerprint density at radius 3 is 3.00 bits per heavy atom. The highest BCUT2D eigenvalue weighted by Crippen LogP contribution is 2.20. The first kappa shape index (κ1) is 9.83. The van der Waals surface area contributed by atoms with Crippen molar-refractivity contribution in [1.82, 2.24) is 15.0 Å². The zero-order valence-electron chi connectivity index (χ0n) is 7.31. The van der Waals surface area contributed by atoms with Gasteiger partial charge in [0, 0.05) is 6.20 Å². The van der Waals surface area contributed by atoms with Crippen LogP contribution in [0, 0.1) is 11.3 Å². The maximum atomic E-state index is 8.61. The van der Waals surface area contributed by atoms with E-state index in [4.69, 9.17) is 16.9 Å². The average Bonchev–Trinajstić information content (AvgIpc) is 2.65. The van der Waals surface area contributed by atoms with E-state index in [1.165, 1.54) is 23.7 Å². The smallest absolute Gasteiger partial charge is 0.224 e. The van der Waals surface area contributed by atoms with Gasteiger partial charge in [-0.15, -0.1) is 0 Å². The summed E-state index contributed by atoms with van der Waals surface area (Å²) in [5.74, 6) is 0.550. The number of aromatic nitrogens is 3. The first-order valence-electron chi connectivity index (χ1n) is 3.89. The number of anilines is 2. The van der Waals surface area contributed by atoms with Crippen molar-refractivity contribution in [2.24, 2.45) is 0 Å². The molecule has 0 aliphatic rings. The third-order valence-electron chi connectivity index (χ3n) is 1.48. The topological polar surface area (TPSA) is 74.5 Å². The normalized spacial score (nSPS) is 9.60. The van der Waals surface area contributed by atoms with E-state index in [-0.39, 0.29) is 5.28 Å². The Balaban J connectivity index is 2.19. The van der Waals surface area contributed by atoms with Gasteiger partial charge in [-0.2, -0.15) is 5.26 Å². The molecule has 2 aromatic heterocycles. The Bertz CT molecular complexity index is 518. The van der Waals surface area contributed by atoms with Crippen LogP contribution in [0.2, 0.25) is 5.28 Å². The minimum absolute atomic E-state index is 0.164. The molecule has 7 heteroatoms. The lowest BCUT2D eigenvalue weighted by Crippen LogP contribution is -1.93. The van der Waals surface area contributed by atoms with Gasteiger partial charge in [-0.1, -0.05) is 11.3 Å². The molecule has 0 aromatic carbocycles. The van der Waals surface area contributed by atoms with Crippen molar-refractivity contribution in [3.63, 3.8) is 0 Å². The number of halogens is 1. The van der Waals surface area contributed by atoms with Crippen LogP contribution in [0.1, 0.15) is 4.88 Å². The van der Waals surface area contributed by atoms with Gasteiger partial charge in [-0.05, 0) is 17.7 Å². The van der Waals surface area contributed by atoms with E-state index in [0.717, 1.165) is 0 Å². The van der Waals surface area contributed by atoms with Crippen LogP contribution in [0.5, 0.6) is 0 Å². The third kappa shape index (κ3) is 2.40. The number of nitrogens with zero attached hydrogens (tertiary/aromatic N) is 4. The molecule has 0 atom stereocenters. The van der Waals surface area contributed by atoms with Crippen molar-refractivity contribution >= 4 is 33.9 Å². The quantitative estimate of drug-likeness (QED) is 0.811. The minimum atomic E-state index is 0.164. The Kier molecular flexibility index (Phi) is 2.76. The highest BCUT2D eigenvalue weighted by atomic mass is 35.5. The van der Waals surface area contributed by atoms with E-state index in [0.29, 0.717) is 15.8 Å². The van der Waals surface area contributed by atoms with Gasteiger partial charge in [-0.25, -0.2) is 15.0 Å². The van der Waals surface area contributed by atoms with E-state index in [9.17, 15) is 0 Å². The van der Waals surface area contributed by atoms with Crippen LogP contribution in [0.25, 0.3) is 0 Å². The maximum absolute atomic E-state index is 8.61. The summed E-state index contributed by atoms with van der Waals surface area (Å²) in [6, 6.07) is 3.67. The second kappa shape index (κ2) is 4.21. The van der Waals surface area contributed by atoms with Crippen LogP contribution < -0.4 is 5.32 Å². The van der Waals surface area contributed by atoms with Crippen LogP contribution in [-0.4, -0.2) is 15.0 Å². The summed E-state index contributed by atoms with van der Waals surface area (Å²) >= 11 is 6.86. The first-order chi connectivity index (χ1) is 7.28. The van der Waals surface area contributed by atoms with E-state index >= 15 is 0 Å². The molecule has 2 aromatic rings. The van der Waals surface area contributed by atoms with E-state index in [1.54, 1.807) is 6.07 Å². The Labute approximate surface area is 94.4 Å².